The smallest absolute Gasteiger partial charge is 0.287 e. The van der Waals surface area contributed by atoms with E-state index in [2.05, 4.69) is 31.2 Å². The third kappa shape index (κ3) is 79.5. The molecule has 14 heavy (non-hydrogen) atoms. The number of amides is 1. The summed E-state index contributed by atoms with van der Waals surface area (Å²) in [6, 6.07) is 0. The van der Waals surface area contributed by atoms with Crippen LogP contribution in [0, 0.1) is 0 Å². The Morgan fingerprint density at radius 1 is 1.29 bits per heavy atom. The SMILES string of the molecule is C=CC(N)=O.C=CN.C=CS(=O)(=O)O. The molecular formula is C7H14N2O4S. The van der Waals surface area contributed by atoms with E-state index in [9.17, 15) is 13.2 Å². The predicted octanol–water partition coefficient (Wildman–Crippen LogP) is -0.236. The highest BCUT2D eigenvalue weighted by molar-refractivity contribution is 7.88. The largest absolute Gasteiger partial charge is 0.405 e. The Kier molecular flexibility index (Phi) is 14.9. The van der Waals surface area contributed by atoms with Gasteiger partial charge >= 0.3 is 0 Å². The molecule has 0 aliphatic rings. The third-order valence-electron chi connectivity index (χ3n) is 0.412. The van der Waals surface area contributed by atoms with Crippen LogP contribution < -0.4 is 11.5 Å². The van der Waals surface area contributed by atoms with Crippen molar-refractivity contribution in [3.63, 3.8) is 0 Å². The van der Waals surface area contributed by atoms with Gasteiger partial charge in [0.15, 0.2) is 0 Å². The van der Waals surface area contributed by atoms with Crippen molar-refractivity contribution >= 4 is 16.0 Å². The molecule has 6 nitrogen and oxygen atoms in total. The summed E-state index contributed by atoms with van der Waals surface area (Å²) in [7, 11) is -3.90. The minimum Gasteiger partial charge on any atom is -0.405 e. The van der Waals surface area contributed by atoms with E-state index in [0.717, 1.165) is 6.08 Å². The van der Waals surface area contributed by atoms with Gasteiger partial charge < -0.3 is 11.5 Å². The first-order valence-electron chi connectivity index (χ1n) is 3.09. The molecule has 0 bridgehead atoms. The quantitative estimate of drug-likeness (QED) is 0.439. The highest BCUT2D eigenvalue weighted by Gasteiger charge is 1.87. The maximum Gasteiger partial charge on any atom is 0.287 e. The molecule has 0 aliphatic carbocycles. The monoisotopic (exact) mass is 222 g/mol. The molecule has 1 amide bonds. The fourth-order valence-electron chi connectivity index (χ4n) is 0. The van der Waals surface area contributed by atoms with Gasteiger partial charge in [0.25, 0.3) is 10.1 Å². The van der Waals surface area contributed by atoms with E-state index in [4.69, 9.17) is 4.55 Å². The molecule has 0 unspecified atom stereocenters. The van der Waals surface area contributed by atoms with Crippen molar-refractivity contribution < 1.29 is 17.8 Å². The number of carbonyl (C=O) groups excluding carboxylic acids is 1. The van der Waals surface area contributed by atoms with Gasteiger partial charge in [0.2, 0.25) is 5.91 Å². The van der Waals surface area contributed by atoms with Gasteiger partial charge in [-0.3, -0.25) is 9.35 Å². The lowest BCUT2D eigenvalue weighted by Crippen LogP contribution is -2.04. The maximum atomic E-state index is 9.47. The first-order chi connectivity index (χ1) is 6.24. The van der Waals surface area contributed by atoms with E-state index in [1.54, 1.807) is 0 Å². The molecule has 0 rings (SSSR count). The van der Waals surface area contributed by atoms with E-state index in [-0.39, 0.29) is 0 Å². The van der Waals surface area contributed by atoms with Gasteiger partial charge in [0.1, 0.15) is 0 Å². The van der Waals surface area contributed by atoms with Crippen molar-refractivity contribution in [3.05, 3.63) is 37.4 Å². The van der Waals surface area contributed by atoms with Crippen LogP contribution in [0.25, 0.3) is 0 Å². The summed E-state index contributed by atoms with van der Waals surface area (Å²) in [6.07, 6.45) is 2.31. The molecule has 0 aliphatic heterocycles. The molecule has 0 saturated carbocycles. The van der Waals surface area contributed by atoms with E-state index >= 15 is 0 Å². The number of hydrogen-bond acceptors (Lipinski definition) is 4. The fourth-order valence-corrected chi connectivity index (χ4v) is 0. The lowest BCUT2D eigenvalue weighted by Gasteiger charge is -1.73. The molecule has 0 saturated heterocycles. The van der Waals surface area contributed by atoms with Gasteiger partial charge in [-0.1, -0.05) is 19.7 Å². The van der Waals surface area contributed by atoms with Crippen LogP contribution >= 0.6 is 0 Å². The van der Waals surface area contributed by atoms with Gasteiger partial charge in [0, 0.05) is 0 Å². The first kappa shape index (κ1) is 18.2. The summed E-state index contributed by atoms with van der Waals surface area (Å²) in [5.41, 5.74) is 9.15. The summed E-state index contributed by atoms with van der Waals surface area (Å²) in [5.74, 6) is -0.481. The zero-order valence-electron chi connectivity index (χ0n) is 7.59. The third-order valence-corrected chi connectivity index (χ3v) is 0.833. The van der Waals surface area contributed by atoms with Crippen molar-refractivity contribution in [2.24, 2.45) is 11.5 Å². The van der Waals surface area contributed by atoms with Crippen LogP contribution in [0.15, 0.2) is 37.4 Å². The number of nitrogens with two attached hydrogens (primary N) is 2. The molecule has 0 aromatic rings. The van der Waals surface area contributed by atoms with Crippen LogP contribution in [-0.2, 0) is 14.9 Å². The maximum absolute atomic E-state index is 9.47. The predicted molar refractivity (Wildman–Crippen MR) is 55.5 cm³/mol. The number of hydrogen-bond donors (Lipinski definition) is 3. The lowest BCUT2D eigenvalue weighted by molar-refractivity contribution is -0.113. The zero-order valence-corrected chi connectivity index (χ0v) is 8.40. The molecule has 0 radical (unpaired) electrons. The molecule has 0 heterocycles. The molecule has 0 aromatic heterocycles. The van der Waals surface area contributed by atoms with Crippen LogP contribution in [-0.4, -0.2) is 18.9 Å². The van der Waals surface area contributed by atoms with Gasteiger partial charge in [-0.05, 0) is 12.3 Å². The second-order valence-corrected chi connectivity index (χ2v) is 2.89. The van der Waals surface area contributed by atoms with Crippen molar-refractivity contribution in [2.45, 2.75) is 0 Å². The standard InChI is InChI=1S/C3H5NO.C2H5N.C2H4O3S/c1-2-3(4)5;1-2-3;1-2-6(3,4)5/h2H,1H2,(H2,4,5);2H,1,3H2;2H,1H2,(H,3,4,5). The Hall–Kier alpha value is -1.60. The molecule has 0 spiro atoms. The minimum atomic E-state index is -3.90. The minimum absolute atomic E-state index is 0.465. The fraction of sp³-hybridized carbons (Fsp3) is 0. The van der Waals surface area contributed by atoms with Crippen LogP contribution in [0.5, 0.6) is 0 Å². The molecular weight excluding hydrogens is 208 g/mol. The van der Waals surface area contributed by atoms with E-state index < -0.39 is 16.0 Å². The highest BCUT2D eigenvalue weighted by atomic mass is 32.2. The summed E-state index contributed by atoms with van der Waals surface area (Å²) in [6.45, 7) is 9.02. The van der Waals surface area contributed by atoms with E-state index in [0.29, 0.717) is 5.41 Å². The van der Waals surface area contributed by atoms with Gasteiger partial charge in [-0.15, -0.1) is 0 Å². The second-order valence-electron chi connectivity index (χ2n) is 1.52. The average Bonchev–Trinajstić information content (AvgIpc) is 2.06. The Morgan fingerprint density at radius 2 is 1.43 bits per heavy atom. The Morgan fingerprint density at radius 3 is 1.43 bits per heavy atom. The second kappa shape index (κ2) is 11.4. The van der Waals surface area contributed by atoms with Crippen LogP contribution in [0.3, 0.4) is 0 Å². The summed E-state index contributed by atoms with van der Waals surface area (Å²) < 4.78 is 26.6. The molecule has 0 atom stereocenters. The van der Waals surface area contributed by atoms with Crippen LogP contribution in [0.1, 0.15) is 0 Å². The van der Waals surface area contributed by atoms with Crippen molar-refractivity contribution in [2.75, 3.05) is 0 Å². The summed E-state index contributed by atoms with van der Waals surface area (Å²) in [5, 5.41) is 0.465. The molecule has 0 aromatic carbocycles. The van der Waals surface area contributed by atoms with E-state index in [1.807, 2.05) is 0 Å². The van der Waals surface area contributed by atoms with E-state index in [1.165, 1.54) is 6.20 Å². The molecule has 7 heteroatoms. The zero-order chi connectivity index (χ0) is 12.2. The van der Waals surface area contributed by atoms with Gasteiger partial charge in [-0.25, -0.2) is 0 Å². The van der Waals surface area contributed by atoms with Crippen molar-refractivity contribution in [1.29, 1.82) is 0 Å². The summed E-state index contributed by atoms with van der Waals surface area (Å²) in [4.78, 5) is 9.47. The number of primary amides is 1. The van der Waals surface area contributed by atoms with Gasteiger partial charge in [-0.2, -0.15) is 8.42 Å². The van der Waals surface area contributed by atoms with Crippen LogP contribution in [0.2, 0.25) is 0 Å². The summed E-state index contributed by atoms with van der Waals surface area (Å²) >= 11 is 0. The lowest BCUT2D eigenvalue weighted by atomic mass is 10.6. The molecule has 5 N–H and O–H groups in total. The van der Waals surface area contributed by atoms with Crippen LogP contribution in [0.4, 0.5) is 0 Å². The van der Waals surface area contributed by atoms with Crippen molar-refractivity contribution in [1.82, 2.24) is 0 Å². The molecule has 0 fully saturated rings. The normalized spacial score (nSPS) is 7.79. The average molecular weight is 222 g/mol. The van der Waals surface area contributed by atoms with Gasteiger partial charge in [0.05, 0.1) is 5.41 Å². The Balaban J connectivity index is -0.000000138. The van der Waals surface area contributed by atoms with Crippen molar-refractivity contribution in [3.8, 4) is 0 Å². The number of carbonyl (C=O) groups is 1. The Bertz CT molecular complexity index is 270. The topological polar surface area (TPSA) is 123 Å². The first-order valence-corrected chi connectivity index (χ1v) is 4.59. The Labute approximate surface area is 83.3 Å². The highest BCUT2D eigenvalue weighted by Crippen LogP contribution is 1.75. The molecule has 82 valence electrons. The number of rotatable bonds is 2.